The lowest BCUT2D eigenvalue weighted by Gasteiger charge is -2.43. The van der Waals surface area contributed by atoms with Crippen LogP contribution in [0.4, 0.5) is 17.6 Å². The van der Waals surface area contributed by atoms with Gasteiger partial charge in [0.05, 0.1) is 6.10 Å². The first-order chi connectivity index (χ1) is 12.8. The summed E-state index contributed by atoms with van der Waals surface area (Å²) in [6.45, 7) is 1.03. The molecule has 5 heteroatoms. The zero-order valence-corrected chi connectivity index (χ0v) is 16.8. The van der Waals surface area contributed by atoms with Crippen LogP contribution in [0.1, 0.15) is 77.6 Å². The van der Waals surface area contributed by atoms with Crippen molar-refractivity contribution in [1.82, 2.24) is 0 Å². The minimum absolute atomic E-state index is 0.0267. The number of methoxy groups -OCH3 is 1. The number of rotatable bonds is 5. The fraction of sp³-hybridized carbons (Fsp3) is 1.00. The van der Waals surface area contributed by atoms with Gasteiger partial charge in [0, 0.05) is 13.5 Å². The Bertz CT molecular complexity index is 450. The molecule has 0 radical (unpaired) electrons. The van der Waals surface area contributed by atoms with Crippen LogP contribution in [0.3, 0.4) is 0 Å². The molecule has 1 nitrogen and oxygen atoms in total. The summed E-state index contributed by atoms with van der Waals surface area (Å²) in [5, 5.41) is 0. The van der Waals surface area contributed by atoms with Crippen LogP contribution in [-0.4, -0.2) is 31.5 Å². The van der Waals surface area contributed by atoms with Crippen LogP contribution < -0.4 is 0 Å². The fourth-order valence-corrected chi connectivity index (χ4v) is 6.28. The van der Waals surface area contributed by atoms with Crippen molar-refractivity contribution < 1.29 is 22.3 Å². The maximum Gasteiger partial charge on any atom is 0.245 e. The second kappa shape index (κ2) is 9.00. The summed E-state index contributed by atoms with van der Waals surface area (Å²) < 4.78 is 60.3. The van der Waals surface area contributed by atoms with Crippen molar-refractivity contribution in [2.75, 3.05) is 7.11 Å². The van der Waals surface area contributed by atoms with E-state index in [9.17, 15) is 17.6 Å². The van der Waals surface area contributed by atoms with E-state index in [4.69, 9.17) is 4.74 Å². The molecular weight excluding hydrogens is 356 g/mol. The molecule has 0 aromatic heterocycles. The maximum absolute atomic E-state index is 14.6. The Labute approximate surface area is 161 Å². The largest absolute Gasteiger partial charge is 0.378 e. The Kier molecular flexibility index (Phi) is 7.13. The van der Waals surface area contributed by atoms with Crippen molar-refractivity contribution in [3.05, 3.63) is 0 Å². The SMILES string of the molecule is COC1CCC(C2CCC(C3CCC(CC(C)(F)F)CC3)CC2)C(F)C1F. The minimum atomic E-state index is -2.55. The average Bonchev–Trinajstić information content (AvgIpc) is 2.63. The lowest BCUT2D eigenvalue weighted by molar-refractivity contribution is -0.0731. The van der Waals surface area contributed by atoms with E-state index in [0.29, 0.717) is 24.2 Å². The summed E-state index contributed by atoms with van der Waals surface area (Å²) in [6, 6.07) is 0. The van der Waals surface area contributed by atoms with Gasteiger partial charge in [-0.2, -0.15) is 0 Å². The molecule has 3 aliphatic rings. The van der Waals surface area contributed by atoms with Crippen molar-refractivity contribution in [2.24, 2.45) is 29.6 Å². The molecule has 0 saturated heterocycles. The Balaban J connectivity index is 1.43. The highest BCUT2D eigenvalue weighted by molar-refractivity contribution is 4.94. The second-order valence-electron chi connectivity index (χ2n) is 9.63. The molecule has 0 aliphatic heterocycles. The Morgan fingerprint density at radius 3 is 1.78 bits per heavy atom. The van der Waals surface area contributed by atoms with Crippen LogP contribution in [0.5, 0.6) is 0 Å². The molecule has 158 valence electrons. The third-order valence-corrected chi connectivity index (χ3v) is 7.78. The van der Waals surface area contributed by atoms with Crippen molar-refractivity contribution >= 4 is 0 Å². The molecule has 4 unspecified atom stereocenters. The van der Waals surface area contributed by atoms with E-state index in [0.717, 1.165) is 64.7 Å². The standard InChI is InChI=1S/C22H36F4O/c1-22(25,26)13-14-3-5-15(6-4-14)16-7-9-17(10-8-16)18-11-12-19(27-2)21(24)20(18)23/h14-21H,3-13H2,1-2H3. The van der Waals surface area contributed by atoms with Crippen LogP contribution in [-0.2, 0) is 4.74 Å². The van der Waals surface area contributed by atoms with Gasteiger partial charge in [0.2, 0.25) is 5.92 Å². The van der Waals surface area contributed by atoms with Crippen molar-refractivity contribution in [3.63, 3.8) is 0 Å². The molecular formula is C22H36F4O. The summed E-state index contributed by atoms with van der Waals surface area (Å²) >= 11 is 0. The van der Waals surface area contributed by atoms with E-state index in [1.165, 1.54) is 7.11 Å². The number of alkyl halides is 4. The van der Waals surface area contributed by atoms with E-state index in [1.54, 1.807) is 0 Å². The number of hydrogen-bond donors (Lipinski definition) is 0. The third kappa shape index (κ3) is 5.39. The second-order valence-corrected chi connectivity index (χ2v) is 9.63. The summed E-state index contributed by atoms with van der Waals surface area (Å²) in [5.41, 5.74) is 0. The van der Waals surface area contributed by atoms with E-state index in [1.807, 2.05) is 0 Å². The summed E-state index contributed by atoms with van der Waals surface area (Å²) in [5.74, 6) is -0.945. The highest BCUT2D eigenvalue weighted by Crippen LogP contribution is 2.47. The van der Waals surface area contributed by atoms with Gasteiger partial charge in [0.15, 0.2) is 6.17 Å². The lowest BCUT2D eigenvalue weighted by atomic mass is 9.65. The molecule has 0 spiro atoms. The highest BCUT2D eigenvalue weighted by Gasteiger charge is 2.45. The Hall–Kier alpha value is -0.320. The molecule has 3 saturated carbocycles. The van der Waals surface area contributed by atoms with Crippen LogP contribution in [0.25, 0.3) is 0 Å². The predicted molar refractivity (Wildman–Crippen MR) is 99.4 cm³/mol. The van der Waals surface area contributed by atoms with Gasteiger partial charge in [-0.25, -0.2) is 17.6 Å². The fourth-order valence-electron chi connectivity index (χ4n) is 6.28. The van der Waals surface area contributed by atoms with Gasteiger partial charge < -0.3 is 4.74 Å². The van der Waals surface area contributed by atoms with Crippen LogP contribution >= 0.6 is 0 Å². The topological polar surface area (TPSA) is 9.23 Å². The van der Waals surface area contributed by atoms with Gasteiger partial charge in [-0.1, -0.05) is 0 Å². The van der Waals surface area contributed by atoms with Crippen molar-refractivity contribution in [2.45, 2.75) is 102 Å². The van der Waals surface area contributed by atoms with E-state index in [-0.39, 0.29) is 18.3 Å². The molecule has 3 fully saturated rings. The first kappa shape index (κ1) is 21.4. The first-order valence-electron chi connectivity index (χ1n) is 11.0. The number of halogens is 4. The number of hydrogen-bond acceptors (Lipinski definition) is 1. The van der Waals surface area contributed by atoms with Gasteiger partial charge in [-0.05, 0) is 101 Å². The third-order valence-electron chi connectivity index (χ3n) is 7.78. The van der Waals surface area contributed by atoms with Gasteiger partial charge >= 0.3 is 0 Å². The van der Waals surface area contributed by atoms with E-state index in [2.05, 4.69) is 0 Å². The molecule has 0 aromatic rings. The molecule has 3 rings (SSSR count). The Morgan fingerprint density at radius 2 is 1.26 bits per heavy atom. The molecule has 0 aromatic carbocycles. The lowest BCUT2D eigenvalue weighted by Crippen LogP contribution is -2.45. The monoisotopic (exact) mass is 392 g/mol. The summed E-state index contributed by atoms with van der Waals surface area (Å²) in [4.78, 5) is 0. The van der Waals surface area contributed by atoms with Crippen molar-refractivity contribution in [1.29, 1.82) is 0 Å². The Morgan fingerprint density at radius 1 is 0.741 bits per heavy atom. The normalized spacial score (nSPS) is 44.2. The maximum atomic E-state index is 14.6. The number of ether oxygens (including phenoxy) is 1. The van der Waals surface area contributed by atoms with E-state index >= 15 is 0 Å². The predicted octanol–water partition coefficient (Wildman–Crippen LogP) is 6.75. The molecule has 0 bridgehead atoms. The molecule has 27 heavy (non-hydrogen) atoms. The quantitative estimate of drug-likeness (QED) is 0.471. The zero-order chi connectivity index (χ0) is 19.6. The first-order valence-corrected chi connectivity index (χ1v) is 11.0. The van der Waals surface area contributed by atoms with Crippen LogP contribution in [0.15, 0.2) is 0 Å². The van der Waals surface area contributed by atoms with Gasteiger partial charge in [-0.3, -0.25) is 0 Å². The van der Waals surface area contributed by atoms with Gasteiger partial charge in [0.25, 0.3) is 0 Å². The minimum Gasteiger partial charge on any atom is -0.378 e. The highest BCUT2D eigenvalue weighted by atomic mass is 19.3. The van der Waals surface area contributed by atoms with Crippen LogP contribution in [0, 0.1) is 29.6 Å². The van der Waals surface area contributed by atoms with E-state index < -0.39 is 24.4 Å². The molecule has 0 N–H and O–H groups in total. The molecule has 0 heterocycles. The average molecular weight is 393 g/mol. The molecule has 4 atom stereocenters. The van der Waals surface area contributed by atoms with Crippen molar-refractivity contribution in [3.8, 4) is 0 Å². The molecule has 0 amide bonds. The summed E-state index contributed by atoms with van der Waals surface area (Å²) in [7, 11) is 1.46. The van der Waals surface area contributed by atoms with Gasteiger partial charge in [-0.15, -0.1) is 0 Å². The smallest absolute Gasteiger partial charge is 0.245 e. The molecule has 3 aliphatic carbocycles. The summed E-state index contributed by atoms with van der Waals surface area (Å²) in [6.07, 6.45) is 6.06. The van der Waals surface area contributed by atoms with Crippen LogP contribution in [0.2, 0.25) is 0 Å². The zero-order valence-electron chi connectivity index (χ0n) is 16.8. The van der Waals surface area contributed by atoms with Gasteiger partial charge in [0.1, 0.15) is 6.17 Å².